The van der Waals surface area contributed by atoms with Gasteiger partial charge in [0.15, 0.2) is 5.60 Å². The van der Waals surface area contributed by atoms with Crippen molar-refractivity contribution >= 4 is 17.7 Å². The summed E-state index contributed by atoms with van der Waals surface area (Å²) in [5.74, 6) is 1.68. The zero-order chi connectivity index (χ0) is 25.1. The van der Waals surface area contributed by atoms with Crippen molar-refractivity contribution in [3.8, 4) is 5.75 Å². The highest BCUT2D eigenvalue weighted by molar-refractivity contribution is 5.87. The molecule has 198 valence electrons. The Labute approximate surface area is 213 Å². The Morgan fingerprint density at radius 1 is 1.11 bits per heavy atom. The first-order chi connectivity index (χ1) is 17.4. The topological polar surface area (TPSA) is 107 Å². The number of fused-ring (bicyclic) bond motifs is 1. The minimum Gasteiger partial charge on any atom is -0.492 e. The number of esters is 1. The van der Waals surface area contributed by atoms with Crippen LogP contribution in [0.1, 0.15) is 56.1 Å². The highest BCUT2D eigenvalue weighted by atomic mass is 16.6. The Kier molecular flexibility index (Phi) is 7.67. The van der Waals surface area contributed by atoms with Crippen molar-refractivity contribution in [3.05, 3.63) is 17.3 Å². The molecular formula is C27H40N4O5. The molecule has 0 spiro atoms. The smallest absolute Gasteiger partial charge is 0.310 e. The molecule has 2 N–H and O–H groups in total. The van der Waals surface area contributed by atoms with Crippen LogP contribution in [0.2, 0.25) is 0 Å². The largest absolute Gasteiger partial charge is 0.492 e. The van der Waals surface area contributed by atoms with Crippen LogP contribution < -0.4 is 15.4 Å². The van der Waals surface area contributed by atoms with Crippen LogP contribution in [0.5, 0.6) is 5.75 Å². The summed E-state index contributed by atoms with van der Waals surface area (Å²) in [5.41, 5.74) is 7.00. The highest BCUT2D eigenvalue weighted by Crippen LogP contribution is 2.38. The van der Waals surface area contributed by atoms with E-state index in [4.69, 9.17) is 24.9 Å². The number of amides is 1. The van der Waals surface area contributed by atoms with Gasteiger partial charge < -0.3 is 24.8 Å². The Morgan fingerprint density at radius 2 is 1.83 bits per heavy atom. The van der Waals surface area contributed by atoms with Crippen LogP contribution in [-0.2, 0) is 25.5 Å². The van der Waals surface area contributed by atoms with E-state index in [0.717, 1.165) is 82.1 Å². The zero-order valence-corrected chi connectivity index (χ0v) is 21.5. The second-order valence-electron chi connectivity index (χ2n) is 10.9. The van der Waals surface area contributed by atoms with Gasteiger partial charge in [-0.25, -0.2) is 4.98 Å². The van der Waals surface area contributed by atoms with Gasteiger partial charge in [-0.05, 0) is 64.3 Å². The first kappa shape index (κ1) is 25.3. The van der Waals surface area contributed by atoms with Gasteiger partial charge in [0.1, 0.15) is 11.6 Å². The van der Waals surface area contributed by atoms with Crippen LogP contribution in [0.15, 0.2) is 6.20 Å². The highest BCUT2D eigenvalue weighted by Gasteiger charge is 2.45. The van der Waals surface area contributed by atoms with Crippen molar-refractivity contribution in [2.45, 2.75) is 63.9 Å². The summed E-state index contributed by atoms with van der Waals surface area (Å²) in [5, 5.41) is 0. The van der Waals surface area contributed by atoms with Gasteiger partial charge in [0.25, 0.3) is 5.91 Å². The molecular weight excluding hydrogens is 460 g/mol. The lowest BCUT2D eigenvalue weighted by Crippen LogP contribution is -2.51. The molecule has 1 aromatic heterocycles. The number of rotatable bonds is 7. The first-order valence-corrected chi connectivity index (χ1v) is 13.6. The maximum absolute atomic E-state index is 12.7. The van der Waals surface area contributed by atoms with E-state index < -0.39 is 11.5 Å². The van der Waals surface area contributed by atoms with Crippen LogP contribution >= 0.6 is 0 Å². The van der Waals surface area contributed by atoms with E-state index in [-0.39, 0.29) is 11.9 Å². The van der Waals surface area contributed by atoms with Crippen LogP contribution in [0.4, 0.5) is 5.82 Å². The lowest BCUT2D eigenvalue weighted by Gasteiger charge is -2.39. The quantitative estimate of drug-likeness (QED) is 0.568. The lowest BCUT2D eigenvalue weighted by molar-refractivity contribution is -0.178. The number of anilines is 1. The van der Waals surface area contributed by atoms with E-state index in [2.05, 4.69) is 16.7 Å². The van der Waals surface area contributed by atoms with Crippen molar-refractivity contribution in [1.29, 1.82) is 0 Å². The van der Waals surface area contributed by atoms with E-state index in [1.54, 1.807) is 0 Å². The second kappa shape index (κ2) is 10.9. The maximum Gasteiger partial charge on any atom is 0.310 e. The third-order valence-corrected chi connectivity index (χ3v) is 8.62. The maximum atomic E-state index is 12.7. The molecule has 0 aromatic carbocycles. The van der Waals surface area contributed by atoms with Gasteiger partial charge in [0.2, 0.25) is 0 Å². The van der Waals surface area contributed by atoms with Crippen LogP contribution in [0.25, 0.3) is 0 Å². The molecule has 3 fully saturated rings. The fourth-order valence-electron chi connectivity index (χ4n) is 6.18. The fraction of sp³-hybridized carbons (Fsp3) is 0.741. The van der Waals surface area contributed by atoms with E-state index in [1.807, 2.05) is 6.20 Å². The van der Waals surface area contributed by atoms with Crippen molar-refractivity contribution < 1.29 is 23.8 Å². The Morgan fingerprint density at radius 3 is 2.53 bits per heavy atom. The van der Waals surface area contributed by atoms with Gasteiger partial charge in [0.05, 0.1) is 12.5 Å². The number of primary amides is 1. The van der Waals surface area contributed by atoms with E-state index in [1.165, 1.54) is 5.56 Å². The van der Waals surface area contributed by atoms with Gasteiger partial charge in [-0.3, -0.25) is 14.5 Å². The molecule has 1 aromatic rings. The van der Waals surface area contributed by atoms with Crippen LogP contribution in [0.3, 0.4) is 0 Å². The number of piperazine rings is 1. The lowest BCUT2D eigenvalue weighted by atomic mass is 9.76. The molecule has 4 heterocycles. The Balaban J connectivity index is 1.07. The Bertz CT molecular complexity index is 948. The van der Waals surface area contributed by atoms with Gasteiger partial charge in [-0.2, -0.15) is 0 Å². The minimum absolute atomic E-state index is 0.185. The molecule has 1 saturated carbocycles. The molecule has 36 heavy (non-hydrogen) atoms. The van der Waals surface area contributed by atoms with Gasteiger partial charge in [-0.1, -0.05) is 0 Å². The number of aromatic nitrogens is 1. The minimum atomic E-state index is -1.14. The fourth-order valence-corrected chi connectivity index (χ4v) is 6.18. The zero-order valence-electron chi connectivity index (χ0n) is 21.5. The molecule has 9 nitrogen and oxygen atoms in total. The van der Waals surface area contributed by atoms with Gasteiger partial charge in [0, 0.05) is 63.1 Å². The molecule has 0 bridgehead atoms. The molecule has 5 rings (SSSR count). The van der Waals surface area contributed by atoms with Crippen molar-refractivity contribution in [3.63, 3.8) is 0 Å². The monoisotopic (exact) mass is 500 g/mol. The summed E-state index contributed by atoms with van der Waals surface area (Å²) in [6, 6.07) is 0. The molecule has 9 heteroatoms. The molecule has 0 radical (unpaired) electrons. The average molecular weight is 501 g/mol. The van der Waals surface area contributed by atoms with Crippen LogP contribution in [-0.4, -0.2) is 79.9 Å². The molecule has 0 atom stereocenters. The number of aryl methyl sites for hydroxylation is 1. The van der Waals surface area contributed by atoms with Gasteiger partial charge in [-0.15, -0.1) is 0 Å². The molecule has 3 aliphatic heterocycles. The van der Waals surface area contributed by atoms with E-state index in [9.17, 15) is 9.59 Å². The standard InChI is InChI=1S/C27H40N4O5/c1-19-18-29-24(22-7-17-35-23(19)22)31-13-11-30(12-14-31)10-4-20-2-8-27(9-3-20,26(28)33)36-25(32)21-5-15-34-16-6-21/h18,20-21H,2-17H2,1H3,(H2,28,33). The number of carbonyl (C=O) groups excluding carboxylic acids is 2. The molecule has 4 aliphatic rings. The number of pyridine rings is 1. The summed E-state index contributed by atoms with van der Waals surface area (Å²) in [6.45, 7) is 8.98. The summed E-state index contributed by atoms with van der Waals surface area (Å²) >= 11 is 0. The number of ether oxygens (including phenoxy) is 3. The van der Waals surface area contributed by atoms with Crippen molar-refractivity contribution in [2.24, 2.45) is 17.6 Å². The van der Waals surface area contributed by atoms with Crippen molar-refractivity contribution in [2.75, 3.05) is 57.4 Å². The predicted molar refractivity (Wildman–Crippen MR) is 135 cm³/mol. The predicted octanol–water partition coefficient (Wildman–Crippen LogP) is 2.22. The Hall–Kier alpha value is -2.39. The molecule has 2 saturated heterocycles. The molecule has 1 aliphatic carbocycles. The van der Waals surface area contributed by atoms with E-state index in [0.29, 0.717) is 44.8 Å². The average Bonchev–Trinajstić information content (AvgIpc) is 3.40. The molecule has 1 amide bonds. The normalized spacial score (nSPS) is 27.4. The first-order valence-electron chi connectivity index (χ1n) is 13.6. The number of nitrogens with zero attached hydrogens (tertiary/aromatic N) is 3. The number of hydrogen-bond acceptors (Lipinski definition) is 8. The van der Waals surface area contributed by atoms with Crippen molar-refractivity contribution in [1.82, 2.24) is 9.88 Å². The summed E-state index contributed by atoms with van der Waals surface area (Å²) in [7, 11) is 0. The summed E-state index contributed by atoms with van der Waals surface area (Å²) in [4.78, 5) is 34.7. The molecule has 0 unspecified atom stereocenters. The number of hydrogen-bond donors (Lipinski definition) is 1. The SMILES string of the molecule is Cc1cnc(N2CCN(CCC3CCC(OC(=O)C4CCOCC4)(C(N)=O)CC3)CC2)c2c1OCC2. The summed E-state index contributed by atoms with van der Waals surface area (Å²) < 4.78 is 17.0. The van der Waals surface area contributed by atoms with Gasteiger partial charge >= 0.3 is 5.97 Å². The van der Waals surface area contributed by atoms with Crippen LogP contribution in [0, 0.1) is 18.8 Å². The summed E-state index contributed by atoms with van der Waals surface area (Å²) in [6.07, 6.45) is 8.06. The second-order valence-corrected chi connectivity index (χ2v) is 10.9. The van der Waals surface area contributed by atoms with E-state index >= 15 is 0 Å². The number of carbonyl (C=O) groups is 2. The third kappa shape index (κ3) is 5.32. The third-order valence-electron chi connectivity index (χ3n) is 8.62. The number of nitrogens with two attached hydrogens (primary N) is 1.